The van der Waals surface area contributed by atoms with E-state index in [9.17, 15) is 4.57 Å². The van der Waals surface area contributed by atoms with Gasteiger partial charge in [-0.15, -0.1) is 0 Å². The van der Waals surface area contributed by atoms with Crippen molar-refractivity contribution in [2.24, 2.45) is 0 Å². The van der Waals surface area contributed by atoms with Crippen LogP contribution in [0.5, 0.6) is 5.75 Å². The first-order valence-electron chi connectivity index (χ1n) is 4.52. The zero-order valence-corrected chi connectivity index (χ0v) is 10.5. The van der Waals surface area contributed by atoms with Gasteiger partial charge in [0.25, 0.3) is 0 Å². The van der Waals surface area contributed by atoms with E-state index in [2.05, 4.69) is 0 Å². The van der Waals surface area contributed by atoms with E-state index in [1.165, 1.54) is 0 Å². The van der Waals surface area contributed by atoms with Crippen LogP contribution in [0.2, 0.25) is 0 Å². The van der Waals surface area contributed by atoms with Gasteiger partial charge in [-0.1, -0.05) is 39.0 Å². The molecule has 1 unspecified atom stereocenters. The average Bonchev–Trinajstić information content (AvgIpc) is 1.99. The molecule has 0 radical (unpaired) electrons. The molecular weight excluding hydrogens is 235 g/mol. The SMILES string of the molecule is CC(C)(C)c1ccccc1OP(=O)(O)Cl. The first-order valence-corrected chi connectivity index (χ1v) is 7.00. The molecule has 0 saturated heterocycles. The Morgan fingerprint density at radius 2 is 1.87 bits per heavy atom. The largest absolute Gasteiger partial charge is 0.474 e. The fraction of sp³-hybridized carbons (Fsp3) is 0.400. The lowest BCUT2D eigenvalue weighted by molar-refractivity contribution is 0.395. The highest BCUT2D eigenvalue weighted by Gasteiger charge is 2.23. The standard InChI is InChI=1S/C10H14ClO3P/c1-10(2,3)8-6-4-5-7-9(8)14-15(11,12)13/h4-7H,1-3H3,(H,12,13). The molecule has 0 aliphatic rings. The van der Waals surface area contributed by atoms with Gasteiger partial charge in [0.15, 0.2) is 0 Å². The van der Waals surface area contributed by atoms with Gasteiger partial charge in [0, 0.05) is 16.8 Å². The smallest absolute Gasteiger partial charge is 0.413 e. The van der Waals surface area contributed by atoms with Crippen LogP contribution in [0.15, 0.2) is 24.3 Å². The zero-order chi connectivity index (χ0) is 11.7. The van der Waals surface area contributed by atoms with Crippen LogP contribution in [0.3, 0.4) is 0 Å². The van der Waals surface area contributed by atoms with E-state index in [0.717, 1.165) is 5.56 Å². The van der Waals surface area contributed by atoms with Crippen molar-refractivity contribution in [2.45, 2.75) is 26.2 Å². The lowest BCUT2D eigenvalue weighted by Crippen LogP contribution is -2.12. The molecule has 84 valence electrons. The summed E-state index contributed by atoms with van der Waals surface area (Å²) in [7, 11) is 0. The highest BCUT2D eigenvalue weighted by atomic mass is 35.7. The molecule has 0 heterocycles. The van der Waals surface area contributed by atoms with Gasteiger partial charge in [0.05, 0.1) is 0 Å². The van der Waals surface area contributed by atoms with Crippen molar-refractivity contribution in [3.05, 3.63) is 29.8 Å². The predicted octanol–water partition coefficient (Wildman–Crippen LogP) is 3.70. The predicted molar refractivity (Wildman–Crippen MR) is 61.4 cm³/mol. The minimum absolute atomic E-state index is 0.164. The van der Waals surface area contributed by atoms with Crippen molar-refractivity contribution in [3.8, 4) is 5.75 Å². The Kier molecular flexibility index (Phi) is 3.49. The fourth-order valence-corrected chi connectivity index (χ4v) is 1.91. The molecule has 1 aromatic carbocycles. The molecule has 0 bridgehead atoms. The molecule has 0 spiro atoms. The molecule has 1 N–H and O–H groups in total. The molecule has 1 atom stereocenters. The van der Waals surface area contributed by atoms with E-state index in [1.54, 1.807) is 12.1 Å². The Bertz CT molecular complexity index is 392. The van der Waals surface area contributed by atoms with E-state index in [-0.39, 0.29) is 5.41 Å². The van der Waals surface area contributed by atoms with Crippen molar-refractivity contribution < 1.29 is 14.0 Å². The highest BCUT2D eigenvalue weighted by Crippen LogP contribution is 2.49. The van der Waals surface area contributed by atoms with Gasteiger partial charge in [-0.25, -0.2) is 4.57 Å². The van der Waals surface area contributed by atoms with Gasteiger partial charge in [-0.2, -0.15) is 0 Å². The maximum absolute atomic E-state index is 11.0. The van der Waals surface area contributed by atoms with Crippen LogP contribution in [0, 0.1) is 0 Å². The number of hydrogen-bond acceptors (Lipinski definition) is 2. The van der Waals surface area contributed by atoms with Gasteiger partial charge < -0.3 is 9.42 Å². The molecule has 0 saturated carbocycles. The van der Waals surface area contributed by atoms with Crippen molar-refractivity contribution in [1.29, 1.82) is 0 Å². The third-order valence-corrected chi connectivity index (χ3v) is 2.53. The quantitative estimate of drug-likeness (QED) is 0.812. The topological polar surface area (TPSA) is 46.5 Å². The fourth-order valence-electron chi connectivity index (χ4n) is 1.29. The Labute approximate surface area is 94.4 Å². The summed E-state index contributed by atoms with van der Waals surface area (Å²) in [6.07, 6.45) is 0. The summed E-state index contributed by atoms with van der Waals surface area (Å²) in [5.41, 5.74) is 0.683. The van der Waals surface area contributed by atoms with E-state index in [0.29, 0.717) is 5.75 Å². The molecule has 3 nitrogen and oxygen atoms in total. The van der Waals surface area contributed by atoms with Crippen molar-refractivity contribution >= 4 is 18.2 Å². The van der Waals surface area contributed by atoms with Crippen LogP contribution in [0.4, 0.5) is 0 Å². The van der Waals surface area contributed by atoms with Crippen LogP contribution in [0.1, 0.15) is 26.3 Å². The summed E-state index contributed by atoms with van der Waals surface area (Å²) in [5, 5.41) is 0. The first kappa shape index (κ1) is 12.6. The van der Waals surface area contributed by atoms with Gasteiger partial charge in [0.1, 0.15) is 5.75 Å². The van der Waals surface area contributed by atoms with Crippen LogP contribution in [0.25, 0.3) is 0 Å². The molecule has 15 heavy (non-hydrogen) atoms. The second-order valence-electron chi connectivity index (χ2n) is 4.29. The third kappa shape index (κ3) is 3.86. The van der Waals surface area contributed by atoms with E-state index in [1.807, 2.05) is 32.9 Å². The lowest BCUT2D eigenvalue weighted by Gasteiger charge is -2.22. The molecule has 0 aliphatic heterocycles. The monoisotopic (exact) mass is 248 g/mol. The maximum atomic E-state index is 11.0. The molecule has 0 aliphatic carbocycles. The molecule has 1 rings (SSSR count). The second kappa shape index (κ2) is 4.17. The van der Waals surface area contributed by atoms with Gasteiger partial charge in [-0.05, 0) is 11.5 Å². The number of rotatable bonds is 2. The average molecular weight is 249 g/mol. The minimum Gasteiger partial charge on any atom is -0.413 e. The molecular formula is C10H14ClO3P. The van der Waals surface area contributed by atoms with Gasteiger partial charge >= 0.3 is 6.95 Å². The lowest BCUT2D eigenvalue weighted by atomic mass is 9.86. The highest BCUT2D eigenvalue weighted by molar-refractivity contribution is 7.80. The Morgan fingerprint density at radius 3 is 2.33 bits per heavy atom. The number of hydrogen-bond donors (Lipinski definition) is 1. The van der Waals surface area contributed by atoms with E-state index >= 15 is 0 Å². The summed E-state index contributed by atoms with van der Waals surface area (Å²) in [4.78, 5) is 8.96. The van der Waals surface area contributed by atoms with Crippen LogP contribution < -0.4 is 4.52 Å². The van der Waals surface area contributed by atoms with Crippen LogP contribution in [-0.4, -0.2) is 4.89 Å². The van der Waals surface area contributed by atoms with Crippen LogP contribution in [-0.2, 0) is 9.98 Å². The molecule has 5 heteroatoms. The summed E-state index contributed by atoms with van der Waals surface area (Å²) in [6, 6.07) is 7.06. The maximum Gasteiger partial charge on any atom is 0.474 e. The number of halogens is 1. The van der Waals surface area contributed by atoms with E-state index in [4.69, 9.17) is 20.7 Å². The Morgan fingerprint density at radius 1 is 1.33 bits per heavy atom. The van der Waals surface area contributed by atoms with Gasteiger partial charge in [0.2, 0.25) is 0 Å². The Hall–Kier alpha value is -0.500. The first-order chi connectivity index (χ1) is 6.70. The normalized spacial score (nSPS) is 15.8. The molecule has 0 amide bonds. The molecule has 0 aromatic heterocycles. The molecule has 1 aromatic rings. The molecule has 0 fully saturated rings. The summed E-state index contributed by atoms with van der Waals surface area (Å²) in [6.45, 7) is 1.96. The Balaban J connectivity index is 3.14. The van der Waals surface area contributed by atoms with Gasteiger partial charge in [-0.3, -0.25) is 0 Å². The van der Waals surface area contributed by atoms with Crippen molar-refractivity contribution in [3.63, 3.8) is 0 Å². The summed E-state index contributed by atoms with van der Waals surface area (Å²) < 4.78 is 15.8. The summed E-state index contributed by atoms with van der Waals surface area (Å²) >= 11 is 5.18. The number of benzene rings is 1. The van der Waals surface area contributed by atoms with Crippen molar-refractivity contribution in [1.82, 2.24) is 0 Å². The summed E-state index contributed by atoms with van der Waals surface area (Å²) in [5.74, 6) is 0.353. The third-order valence-electron chi connectivity index (χ3n) is 1.91. The zero-order valence-electron chi connectivity index (χ0n) is 8.90. The van der Waals surface area contributed by atoms with Crippen molar-refractivity contribution in [2.75, 3.05) is 0 Å². The second-order valence-corrected chi connectivity index (χ2v) is 6.66. The van der Waals surface area contributed by atoms with E-state index < -0.39 is 6.95 Å². The number of para-hydroxylation sites is 1. The van der Waals surface area contributed by atoms with Crippen LogP contribution >= 0.6 is 18.2 Å². The minimum atomic E-state index is -4.01.